The molecule has 19 heavy (non-hydrogen) atoms. The third kappa shape index (κ3) is 5.72. The second kappa shape index (κ2) is 7.62. The highest BCUT2D eigenvalue weighted by molar-refractivity contribution is 7.89. The fraction of sp³-hybridized carbons (Fsp3) is 0.571. The molecular weight excluding hydrogens is 260 g/mol. The highest BCUT2D eigenvalue weighted by atomic mass is 32.2. The average Bonchev–Trinajstić information content (AvgIpc) is 2.36. The summed E-state index contributed by atoms with van der Waals surface area (Å²) in [7, 11) is -3.59. The van der Waals surface area contributed by atoms with E-state index in [1.807, 2.05) is 12.1 Å². The van der Waals surface area contributed by atoms with Gasteiger partial charge in [-0.1, -0.05) is 38.8 Å². The fourth-order valence-corrected chi connectivity index (χ4v) is 2.62. The molecule has 0 unspecified atom stereocenters. The number of primary sulfonamides is 1. The van der Waals surface area contributed by atoms with Crippen molar-refractivity contribution in [2.24, 2.45) is 5.14 Å². The smallest absolute Gasteiger partial charge is 0.238 e. The standard InChI is InChI=1S/C14H24N2O2S/c1-3-5-13(6-4-2)16-11-12-7-9-14(10-8-12)19(15,17)18/h7-10,13,16H,3-6,11H2,1-2H3,(H2,15,17,18). The molecule has 0 heterocycles. The van der Waals surface area contributed by atoms with Crippen LogP contribution < -0.4 is 10.5 Å². The van der Waals surface area contributed by atoms with E-state index in [0.717, 1.165) is 12.1 Å². The predicted octanol–water partition coefficient (Wildman–Crippen LogP) is 2.39. The van der Waals surface area contributed by atoms with Gasteiger partial charge in [0.15, 0.2) is 0 Å². The van der Waals surface area contributed by atoms with Crippen molar-refractivity contribution in [1.29, 1.82) is 0 Å². The fourth-order valence-electron chi connectivity index (χ4n) is 2.10. The molecule has 0 fully saturated rings. The van der Waals surface area contributed by atoms with E-state index in [0.29, 0.717) is 6.04 Å². The van der Waals surface area contributed by atoms with Crippen molar-refractivity contribution in [1.82, 2.24) is 5.32 Å². The van der Waals surface area contributed by atoms with E-state index in [-0.39, 0.29) is 4.90 Å². The van der Waals surface area contributed by atoms with E-state index in [4.69, 9.17) is 5.14 Å². The molecule has 1 aromatic carbocycles. The second-order valence-corrected chi connectivity index (χ2v) is 6.41. The van der Waals surface area contributed by atoms with Crippen LogP contribution in [0.25, 0.3) is 0 Å². The number of nitrogens with two attached hydrogens (primary N) is 1. The predicted molar refractivity (Wildman–Crippen MR) is 78.3 cm³/mol. The Morgan fingerprint density at radius 2 is 1.63 bits per heavy atom. The van der Waals surface area contributed by atoms with E-state index in [9.17, 15) is 8.42 Å². The SMILES string of the molecule is CCCC(CCC)NCc1ccc(S(N)(=O)=O)cc1. The van der Waals surface area contributed by atoms with Gasteiger partial charge in [-0.25, -0.2) is 13.6 Å². The molecule has 0 aliphatic rings. The maximum atomic E-state index is 11.1. The van der Waals surface area contributed by atoms with Crippen LogP contribution in [-0.2, 0) is 16.6 Å². The van der Waals surface area contributed by atoms with Crippen molar-refractivity contribution >= 4 is 10.0 Å². The molecule has 0 aromatic heterocycles. The van der Waals surface area contributed by atoms with Gasteiger partial charge in [0.05, 0.1) is 4.90 Å². The van der Waals surface area contributed by atoms with Crippen LogP contribution in [-0.4, -0.2) is 14.5 Å². The molecule has 0 atom stereocenters. The normalized spacial score (nSPS) is 12.0. The van der Waals surface area contributed by atoms with Crippen LogP contribution in [0.4, 0.5) is 0 Å². The summed E-state index contributed by atoms with van der Waals surface area (Å²) < 4.78 is 22.3. The lowest BCUT2D eigenvalue weighted by atomic mass is 10.1. The summed E-state index contributed by atoms with van der Waals surface area (Å²) in [5.41, 5.74) is 1.07. The molecule has 1 rings (SSSR count). The van der Waals surface area contributed by atoms with Gasteiger partial charge < -0.3 is 5.32 Å². The van der Waals surface area contributed by atoms with Gasteiger partial charge in [-0.2, -0.15) is 0 Å². The Bertz CT molecular complexity index is 463. The topological polar surface area (TPSA) is 72.2 Å². The molecule has 0 radical (unpaired) electrons. The molecule has 108 valence electrons. The molecular formula is C14H24N2O2S. The Kier molecular flexibility index (Phi) is 6.48. The van der Waals surface area contributed by atoms with Crippen LogP contribution in [0.2, 0.25) is 0 Å². The van der Waals surface area contributed by atoms with Crippen molar-refractivity contribution < 1.29 is 8.42 Å². The highest BCUT2D eigenvalue weighted by Crippen LogP contribution is 2.10. The second-order valence-electron chi connectivity index (χ2n) is 4.84. The Balaban J connectivity index is 2.58. The highest BCUT2D eigenvalue weighted by Gasteiger charge is 2.08. The van der Waals surface area contributed by atoms with Gasteiger partial charge in [0, 0.05) is 12.6 Å². The Morgan fingerprint density at radius 3 is 2.05 bits per heavy atom. The van der Waals surface area contributed by atoms with Crippen molar-refractivity contribution in [2.75, 3.05) is 0 Å². The Hall–Kier alpha value is -0.910. The van der Waals surface area contributed by atoms with Gasteiger partial charge in [-0.15, -0.1) is 0 Å². The zero-order valence-corrected chi connectivity index (χ0v) is 12.5. The summed E-state index contributed by atoms with van der Waals surface area (Å²) in [5, 5.41) is 8.58. The number of rotatable bonds is 8. The third-order valence-electron chi connectivity index (χ3n) is 3.12. The van der Waals surface area contributed by atoms with Crippen LogP contribution in [0.5, 0.6) is 0 Å². The van der Waals surface area contributed by atoms with E-state index >= 15 is 0 Å². The summed E-state index contributed by atoms with van der Waals surface area (Å²) in [6.45, 7) is 5.13. The molecule has 0 aliphatic carbocycles. The minimum Gasteiger partial charge on any atom is -0.310 e. The van der Waals surface area contributed by atoms with Gasteiger partial charge in [-0.05, 0) is 30.5 Å². The lowest BCUT2D eigenvalue weighted by molar-refractivity contribution is 0.443. The molecule has 4 nitrogen and oxygen atoms in total. The zero-order chi connectivity index (χ0) is 14.3. The average molecular weight is 284 g/mol. The molecule has 0 aliphatic heterocycles. The van der Waals surface area contributed by atoms with Gasteiger partial charge in [0.25, 0.3) is 0 Å². The van der Waals surface area contributed by atoms with E-state index in [1.54, 1.807) is 12.1 Å². The Morgan fingerprint density at radius 1 is 1.11 bits per heavy atom. The van der Waals surface area contributed by atoms with E-state index in [1.165, 1.54) is 25.7 Å². The van der Waals surface area contributed by atoms with Crippen LogP contribution in [0.1, 0.15) is 45.1 Å². The summed E-state index contributed by atoms with van der Waals surface area (Å²) in [4.78, 5) is 0.162. The summed E-state index contributed by atoms with van der Waals surface area (Å²) >= 11 is 0. The van der Waals surface area contributed by atoms with Gasteiger partial charge in [0.2, 0.25) is 10.0 Å². The number of hydrogen-bond acceptors (Lipinski definition) is 3. The molecule has 0 bridgehead atoms. The quantitative estimate of drug-likeness (QED) is 0.770. The van der Waals surface area contributed by atoms with E-state index in [2.05, 4.69) is 19.2 Å². The molecule has 5 heteroatoms. The molecule has 0 saturated carbocycles. The largest absolute Gasteiger partial charge is 0.310 e. The molecule has 1 aromatic rings. The van der Waals surface area contributed by atoms with Gasteiger partial charge in [0.1, 0.15) is 0 Å². The molecule has 0 saturated heterocycles. The van der Waals surface area contributed by atoms with Crippen molar-refractivity contribution in [3.63, 3.8) is 0 Å². The first kappa shape index (κ1) is 16.1. The lowest BCUT2D eigenvalue weighted by Gasteiger charge is -2.17. The number of nitrogens with one attached hydrogen (secondary N) is 1. The first-order chi connectivity index (χ1) is 8.97. The minimum atomic E-state index is -3.59. The maximum absolute atomic E-state index is 11.1. The zero-order valence-electron chi connectivity index (χ0n) is 11.7. The molecule has 3 N–H and O–H groups in total. The van der Waals surface area contributed by atoms with Crippen molar-refractivity contribution in [2.45, 2.75) is 57.0 Å². The monoisotopic (exact) mass is 284 g/mol. The van der Waals surface area contributed by atoms with Crippen LogP contribution >= 0.6 is 0 Å². The van der Waals surface area contributed by atoms with Crippen molar-refractivity contribution in [3.8, 4) is 0 Å². The number of benzene rings is 1. The minimum absolute atomic E-state index is 0.162. The van der Waals surface area contributed by atoms with Gasteiger partial charge in [-0.3, -0.25) is 0 Å². The summed E-state index contributed by atoms with van der Waals surface area (Å²) in [5.74, 6) is 0. The van der Waals surface area contributed by atoms with Crippen LogP contribution in [0, 0.1) is 0 Å². The van der Waals surface area contributed by atoms with Gasteiger partial charge >= 0.3 is 0 Å². The number of sulfonamides is 1. The van der Waals surface area contributed by atoms with E-state index < -0.39 is 10.0 Å². The van der Waals surface area contributed by atoms with Crippen LogP contribution in [0.3, 0.4) is 0 Å². The lowest BCUT2D eigenvalue weighted by Crippen LogP contribution is -2.28. The maximum Gasteiger partial charge on any atom is 0.238 e. The first-order valence-electron chi connectivity index (χ1n) is 6.82. The number of hydrogen-bond donors (Lipinski definition) is 2. The van der Waals surface area contributed by atoms with Crippen molar-refractivity contribution in [3.05, 3.63) is 29.8 Å². The molecule has 0 amide bonds. The Labute approximate surface area is 116 Å². The first-order valence-corrected chi connectivity index (χ1v) is 8.37. The summed E-state index contributed by atoms with van der Waals surface area (Å²) in [6, 6.07) is 7.26. The summed E-state index contributed by atoms with van der Waals surface area (Å²) in [6.07, 6.45) is 4.68. The third-order valence-corrected chi connectivity index (χ3v) is 4.05. The molecule has 0 spiro atoms. The van der Waals surface area contributed by atoms with Crippen LogP contribution in [0.15, 0.2) is 29.2 Å².